The molecular formula is C31H28ClN7O4. The van der Waals surface area contributed by atoms with Gasteiger partial charge in [-0.15, -0.1) is 0 Å². The minimum Gasteiger partial charge on any atom is -0.462 e. The zero-order valence-electron chi connectivity index (χ0n) is 23.6. The van der Waals surface area contributed by atoms with Crippen molar-refractivity contribution >= 4 is 51.3 Å². The fourth-order valence-corrected chi connectivity index (χ4v) is 4.49. The van der Waals surface area contributed by atoms with Crippen LogP contribution in [0, 0.1) is 0 Å². The van der Waals surface area contributed by atoms with Gasteiger partial charge < -0.3 is 24.8 Å². The molecule has 0 aliphatic carbocycles. The van der Waals surface area contributed by atoms with Crippen LogP contribution in [0.15, 0.2) is 73.1 Å². The van der Waals surface area contributed by atoms with E-state index in [1.54, 1.807) is 57.6 Å². The number of esters is 2. The molecule has 0 fully saturated rings. The van der Waals surface area contributed by atoms with E-state index in [9.17, 15) is 9.59 Å². The first-order valence-electron chi connectivity index (χ1n) is 13.5. The van der Waals surface area contributed by atoms with Gasteiger partial charge in [0.25, 0.3) is 0 Å². The highest BCUT2D eigenvalue weighted by atomic mass is 35.5. The van der Waals surface area contributed by atoms with Crippen molar-refractivity contribution in [2.24, 2.45) is 0 Å². The topological polar surface area (TPSA) is 148 Å². The highest BCUT2D eigenvalue weighted by molar-refractivity contribution is 6.28. The van der Waals surface area contributed by atoms with Gasteiger partial charge in [-0.3, -0.25) is 0 Å². The van der Waals surface area contributed by atoms with Gasteiger partial charge in [0.2, 0.25) is 11.2 Å². The summed E-state index contributed by atoms with van der Waals surface area (Å²) in [5.74, 6) is -0.0812. The molecule has 4 heterocycles. The Morgan fingerprint density at radius 3 is 1.74 bits per heavy atom. The fourth-order valence-electron chi connectivity index (χ4n) is 4.34. The summed E-state index contributed by atoms with van der Waals surface area (Å²) < 4.78 is 10.0. The van der Waals surface area contributed by atoms with Gasteiger partial charge in [0.05, 0.1) is 47.1 Å². The molecular weight excluding hydrogens is 570 g/mol. The lowest BCUT2D eigenvalue weighted by Gasteiger charge is -2.01. The number of ether oxygens (including phenoxy) is 2. The van der Waals surface area contributed by atoms with Crippen LogP contribution in [0.3, 0.4) is 0 Å². The Hall–Kier alpha value is -5.29. The number of carbonyl (C=O) groups is 2. The molecule has 11 nitrogen and oxygen atoms in total. The Morgan fingerprint density at radius 1 is 0.744 bits per heavy atom. The molecule has 0 aliphatic heterocycles. The van der Waals surface area contributed by atoms with E-state index in [2.05, 4.69) is 35.2 Å². The minimum absolute atomic E-state index is 0.193. The van der Waals surface area contributed by atoms with Crippen molar-refractivity contribution in [2.45, 2.75) is 13.8 Å². The molecule has 6 aromatic rings. The number of carbonyl (C=O) groups excluding carboxylic acids is 2. The Morgan fingerprint density at radius 2 is 1.26 bits per heavy atom. The van der Waals surface area contributed by atoms with Crippen molar-refractivity contribution in [3.05, 3.63) is 89.5 Å². The van der Waals surface area contributed by atoms with Crippen molar-refractivity contribution in [2.75, 3.05) is 25.6 Å². The molecule has 43 heavy (non-hydrogen) atoms. The summed E-state index contributed by atoms with van der Waals surface area (Å²) in [6, 6.07) is 18.3. The molecule has 0 bridgehead atoms. The normalized spacial score (nSPS) is 10.7. The summed E-state index contributed by atoms with van der Waals surface area (Å²) in [4.78, 5) is 46.6. The number of hydrogen-bond acceptors (Lipinski definition) is 9. The molecule has 4 aromatic heterocycles. The number of anilines is 1. The molecule has 0 unspecified atom stereocenters. The number of rotatable bonds is 7. The second kappa shape index (κ2) is 13.1. The lowest BCUT2D eigenvalue weighted by Crippen LogP contribution is -2.03. The third-order valence-electron chi connectivity index (χ3n) is 6.32. The van der Waals surface area contributed by atoms with Crippen LogP contribution < -0.4 is 5.32 Å². The maximum Gasteiger partial charge on any atom is 0.338 e. The molecule has 3 N–H and O–H groups in total. The monoisotopic (exact) mass is 597 g/mol. The highest BCUT2D eigenvalue weighted by Crippen LogP contribution is 2.25. The van der Waals surface area contributed by atoms with Crippen molar-refractivity contribution in [3.8, 4) is 22.8 Å². The molecule has 218 valence electrons. The van der Waals surface area contributed by atoms with E-state index in [-0.39, 0.29) is 17.2 Å². The number of aromatic amines is 2. The van der Waals surface area contributed by atoms with E-state index >= 15 is 0 Å². The number of nitrogens with one attached hydrogen (secondary N) is 3. The van der Waals surface area contributed by atoms with Crippen LogP contribution in [0.4, 0.5) is 5.95 Å². The predicted octanol–water partition coefficient (Wildman–Crippen LogP) is 6.30. The van der Waals surface area contributed by atoms with Crippen LogP contribution in [0.5, 0.6) is 0 Å². The first kappa shape index (κ1) is 29.2. The Bertz CT molecular complexity index is 1920. The van der Waals surface area contributed by atoms with Gasteiger partial charge in [-0.2, -0.15) is 0 Å². The van der Waals surface area contributed by atoms with Crippen LogP contribution in [0.1, 0.15) is 34.6 Å². The van der Waals surface area contributed by atoms with Gasteiger partial charge in [-0.05, 0) is 86.1 Å². The van der Waals surface area contributed by atoms with Crippen LogP contribution in [0.25, 0.3) is 44.6 Å². The van der Waals surface area contributed by atoms with Crippen LogP contribution in [0.2, 0.25) is 5.28 Å². The number of H-pyrrole nitrogens is 2. The maximum atomic E-state index is 11.8. The number of benzene rings is 2. The molecule has 0 aliphatic rings. The van der Waals surface area contributed by atoms with Gasteiger partial charge in [-0.25, -0.2) is 29.5 Å². The van der Waals surface area contributed by atoms with Gasteiger partial charge >= 0.3 is 11.9 Å². The molecule has 0 spiro atoms. The third-order valence-corrected chi connectivity index (χ3v) is 6.50. The Balaban J connectivity index is 0.000000171. The number of aromatic nitrogens is 6. The van der Waals surface area contributed by atoms with Gasteiger partial charge in [0, 0.05) is 41.2 Å². The highest BCUT2D eigenvalue weighted by Gasteiger charge is 2.12. The summed E-state index contributed by atoms with van der Waals surface area (Å²) in [7, 11) is 1.77. The summed E-state index contributed by atoms with van der Waals surface area (Å²) in [6.45, 7) is 4.29. The molecule has 12 heteroatoms. The summed E-state index contributed by atoms with van der Waals surface area (Å²) in [6.07, 6.45) is 3.30. The van der Waals surface area contributed by atoms with Crippen molar-refractivity contribution in [3.63, 3.8) is 0 Å². The second-order valence-electron chi connectivity index (χ2n) is 9.14. The zero-order chi connectivity index (χ0) is 30.3. The SMILES string of the molecule is CCOC(=O)c1ccc2[nH]c(-c3ccnc(Cl)n3)cc2c1.CCOC(=O)c1ccc2[nH]c(-c3ccnc(NC)n3)cc2c1. The molecule has 0 saturated heterocycles. The van der Waals surface area contributed by atoms with E-state index in [0.29, 0.717) is 36.0 Å². The Kier molecular flexibility index (Phi) is 8.92. The molecule has 0 atom stereocenters. The predicted molar refractivity (Wildman–Crippen MR) is 165 cm³/mol. The molecule has 0 amide bonds. The average Bonchev–Trinajstić information content (AvgIpc) is 3.65. The smallest absolute Gasteiger partial charge is 0.338 e. The van der Waals surface area contributed by atoms with Gasteiger partial charge in [0.15, 0.2) is 0 Å². The fraction of sp³-hybridized carbons (Fsp3) is 0.161. The molecule has 2 aromatic carbocycles. The first-order chi connectivity index (χ1) is 20.9. The van der Waals surface area contributed by atoms with E-state index in [1.807, 2.05) is 36.4 Å². The van der Waals surface area contributed by atoms with E-state index in [1.165, 1.54) is 0 Å². The summed E-state index contributed by atoms with van der Waals surface area (Å²) in [5, 5.41) is 4.95. The summed E-state index contributed by atoms with van der Waals surface area (Å²) >= 11 is 5.80. The maximum absolute atomic E-state index is 11.8. The number of fused-ring (bicyclic) bond motifs is 2. The van der Waals surface area contributed by atoms with E-state index < -0.39 is 0 Å². The van der Waals surface area contributed by atoms with Gasteiger partial charge in [-0.1, -0.05) is 0 Å². The van der Waals surface area contributed by atoms with Crippen LogP contribution in [-0.4, -0.2) is 62.1 Å². The largest absolute Gasteiger partial charge is 0.462 e. The lowest BCUT2D eigenvalue weighted by molar-refractivity contribution is 0.0517. The molecule has 0 radical (unpaired) electrons. The first-order valence-corrected chi connectivity index (χ1v) is 13.9. The standard InChI is InChI=1S/C16H16N4O2.C15H12ClN3O2/c1-3-22-15(21)10-4-5-12-11(8-10)9-14(19-12)13-6-7-18-16(17-2)20-13;1-2-21-14(20)9-3-4-11-10(7-9)8-13(18-11)12-5-6-17-15(16)19-12/h4-9,19H,3H2,1-2H3,(H,17,18,20);3-8,18H,2H2,1H3. The number of nitrogens with zero attached hydrogens (tertiary/aromatic N) is 4. The van der Waals surface area contributed by atoms with Gasteiger partial charge in [0.1, 0.15) is 0 Å². The second-order valence-corrected chi connectivity index (χ2v) is 9.48. The van der Waals surface area contributed by atoms with E-state index in [0.717, 1.165) is 38.9 Å². The minimum atomic E-state index is -0.327. The lowest BCUT2D eigenvalue weighted by atomic mass is 10.1. The number of halogens is 1. The van der Waals surface area contributed by atoms with Crippen molar-refractivity contribution < 1.29 is 19.1 Å². The quantitative estimate of drug-likeness (QED) is 0.142. The van der Waals surface area contributed by atoms with Crippen molar-refractivity contribution in [1.29, 1.82) is 0 Å². The Labute approximate surface area is 251 Å². The van der Waals surface area contributed by atoms with Crippen molar-refractivity contribution in [1.82, 2.24) is 29.9 Å². The van der Waals surface area contributed by atoms with Crippen LogP contribution in [-0.2, 0) is 9.47 Å². The zero-order valence-corrected chi connectivity index (χ0v) is 24.4. The average molecular weight is 598 g/mol. The molecule has 0 saturated carbocycles. The van der Waals surface area contributed by atoms with Crippen LogP contribution >= 0.6 is 11.6 Å². The number of hydrogen-bond donors (Lipinski definition) is 3. The molecule has 6 rings (SSSR count). The summed E-state index contributed by atoms with van der Waals surface area (Å²) in [5.41, 5.74) is 6.08. The third kappa shape index (κ3) is 6.79. The van der Waals surface area contributed by atoms with E-state index in [4.69, 9.17) is 21.1 Å².